The van der Waals surface area contributed by atoms with Crippen molar-refractivity contribution >= 4 is 5.97 Å². The van der Waals surface area contributed by atoms with Crippen LogP contribution in [0.1, 0.15) is 78.6 Å². The van der Waals surface area contributed by atoms with E-state index in [1.165, 1.54) is 25.5 Å². The zero-order chi connectivity index (χ0) is 13.9. The third kappa shape index (κ3) is 5.70. The number of hydrogen-bond acceptors (Lipinski definition) is 2. The van der Waals surface area contributed by atoms with Crippen molar-refractivity contribution in [1.29, 1.82) is 0 Å². The van der Waals surface area contributed by atoms with E-state index in [9.17, 15) is 4.79 Å². The van der Waals surface area contributed by atoms with Crippen LogP contribution in [0.25, 0.3) is 0 Å². The summed E-state index contributed by atoms with van der Waals surface area (Å²) in [7, 11) is 0. The van der Waals surface area contributed by atoms with E-state index in [0.717, 1.165) is 38.5 Å². The third-order valence-corrected chi connectivity index (χ3v) is 3.82. The molecule has 0 aromatic carbocycles. The molecule has 1 atom stereocenters. The van der Waals surface area contributed by atoms with Gasteiger partial charge in [0.2, 0.25) is 0 Å². The van der Waals surface area contributed by atoms with Crippen LogP contribution in [-0.2, 0) is 9.53 Å². The van der Waals surface area contributed by atoms with Crippen molar-refractivity contribution in [2.45, 2.75) is 78.6 Å². The van der Waals surface area contributed by atoms with Crippen LogP contribution < -0.4 is 0 Å². The van der Waals surface area contributed by atoms with Gasteiger partial charge in [-0.1, -0.05) is 65.9 Å². The molecule has 0 aliphatic rings. The highest BCUT2D eigenvalue weighted by molar-refractivity contribution is 5.77. The van der Waals surface area contributed by atoms with E-state index >= 15 is 0 Å². The Morgan fingerprint density at radius 3 is 2.17 bits per heavy atom. The minimum Gasteiger partial charge on any atom is -0.435 e. The van der Waals surface area contributed by atoms with Gasteiger partial charge in [-0.3, -0.25) is 4.79 Å². The van der Waals surface area contributed by atoms with E-state index in [1.807, 2.05) is 0 Å². The van der Waals surface area contributed by atoms with Crippen LogP contribution in [0.3, 0.4) is 0 Å². The maximum absolute atomic E-state index is 12.2. The first kappa shape index (κ1) is 17.2. The fourth-order valence-corrected chi connectivity index (χ4v) is 2.43. The van der Waals surface area contributed by atoms with Crippen LogP contribution in [0, 0.1) is 5.41 Å². The van der Waals surface area contributed by atoms with Gasteiger partial charge in [0.25, 0.3) is 0 Å². The van der Waals surface area contributed by atoms with Crippen LogP contribution in [0.2, 0.25) is 0 Å². The summed E-state index contributed by atoms with van der Waals surface area (Å²) in [5.74, 6) is -0.0788. The van der Waals surface area contributed by atoms with E-state index in [4.69, 9.17) is 4.74 Å². The second-order valence-corrected chi connectivity index (χ2v) is 5.12. The number of ether oxygens (including phenoxy) is 1. The molecular weight excluding hydrogens is 224 g/mol. The van der Waals surface area contributed by atoms with E-state index in [0.29, 0.717) is 0 Å². The smallest absolute Gasteiger partial charge is 0.316 e. The molecule has 0 N–H and O–H groups in total. The zero-order valence-corrected chi connectivity index (χ0v) is 12.5. The van der Waals surface area contributed by atoms with Gasteiger partial charge >= 0.3 is 5.97 Å². The maximum Gasteiger partial charge on any atom is 0.316 e. The molecule has 18 heavy (non-hydrogen) atoms. The molecule has 0 heterocycles. The van der Waals surface area contributed by atoms with Crippen molar-refractivity contribution < 1.29 is 9.53 Å². The van der Waals surface area contributed by atoms with Crippen molar-refractivity contribution in [2.75, 3.05) is 0 Å². The fourth-order valence-electron chi connectivity index (χ4n) is 2.43. The normalized spacial score (nSPS) is 13.9. The van der Waals surface area contributed by atoms with Gasteiger partial charge < -0.3 is 4.74 Å². The largest absolute Gasteiger partial charge is 0.435 e. The standard InChI is InChI=1S/C16H30O2/c1-5-9-11-12-14-16(7-3,13-10-6-2)15(17)18-8-4/h8H,4-7,9-14H2,1-3H3. The minimum absolute atomic E-state index is 0.0788. The number of rotatable bonds is 11. The molecule has 0 amide bonds. The number of unbranched alkanes of at least 4 members (excludes halogenated alkanes) is 4. The van der Waals surface area contributed by atoms with Gasteiger partial charge in [0.05, 0.1) is 11.7 Å². The molecule has 2 nitrogen and oxygen atoms in total. The van der Waals surface area contributed by atoms with E-state index in [1.54, 1.807) is 0 Å². The minimum atomic E-state index is -0.280. The topological polar surface area (TPSA) is 26.3 Å². The van der Waals surface area contributed by atoms with Crippen molar-refractivity contribution in [3.63, 3.8) is 0 Å². The second-order valence-electron chi connectivity index (χ2n) is 5.12. The molecule has 0 radical (unpaired) electrons. The summed E-state index contributed by atoms with van der Waals surface area (Å²) in [6.45, 7) is 9.96. The molecule has 0 fully saturated rings. The summed E-state index contributed by atoms with van der Waals surface area (Å²) >= 11 is 0. The Morgan fingerprint density at radius 2 is 1.67 bits per heavy atom. The summed E-state index contributed by atoms with van der Waals surface area (Å²) in [5, 5.41) is 0. The molecule has 1 unspecified atom stereocenters. The molecule has 0 aliphatic heterocycles. The summed E-state index contributed by atoms with van der Waals surface area (Å²) < 4.78 is 5.08. The summed E-state index contributed by atoms with van der Waals surface area (Å²) in [6, 6.07) is 0. The Balaban J connectivity index is 4.53. The molecule has 0 saturated heterocycles. The predicted octanol–water partition coefficient (Wildman–Crippen LogP) is 5.23. The molecule has 0 aromatic rings. The summed E-state index contributed by atoms with van der Waals surface area (Å²) in [6.07, 6.45) is 11.1. The fraction of sp³-hybridized carbons (Fsp3) is 0.812. The SMILES string of the molecule is C=COC(=O)C(CC)(CCCC)CCCCCC. The Hall–Kier alpha value is -0.790. The molecule has 0 aliphatic carbocycles. The Bertz CT molecular complexity index is 235. The Morgan fingerprint density at radius 1 is 1.06 bits per heavy atom. The van der Waals surface area contributed by atoms with Gasteiger partial charge in [0, 0.05) is 0 Å². The highest BCUT2D eigenvalue weighted by Gasteiger charge is 2.36. The number of esters is 1. The lowest BCUT2D eigenvalue weighted by atomic mass is 9.76. The highest BCUT2D eigenvalue weighted by atomic mass is 16.5. The van der Waals surface area contributed by atoms with Gasteiger partial charge in [-0.2, -0.15) is 0 Å². The second kappa shape index (κ2) is 10.2. The number of carbonyl (C=O) groups is 1. The van der Waals surface area contributed by atoms with Crippen LogP contribution >= 0.6 is 0 Å². The first-order valence-electron chi connectivity index (χ1n) is 7.48. The number of hydrogen-bond donors (Lipinski definition) is 0. The number of carbonyl (C=O) groups excluding carboxylic acids is 1. The Labute approximate surface area is 113 Å². The third-order valence-electron chi connectivity index (χ3n) is 3.82. The quantitative estimate of drug-likeness (QED) is 0.287. The van der Waals surface area contributed by atoms with E-state index in [2.05, 4.69) is 27.4 Å². The molecule has 106 valence electrons. The first-order valence-corrected chi connectivity index (χ1v) is 7.48. The summed E-state index contributed by atoms with van der Waals surface area (Å²) in [5.41, 5.74) is -0.280. The lowest BCUT2D eigenvalue weighted by molar-refractivity contribution is -0.151. The average molecular weight is 254 g/mol. The molecule has 2 heteroatoms. The molecular formula is C16H30O2. The van der Waals surface area contributed by atoms with Gasteiger partial charge in [-0.25, -0.2) is 0 Å². The monoisotopic (exact) mass is 254 g/mol. The maximum atomic E-state index is 12.2. The van der Waals surface area contributed by atoms with Gasteiger partial charge in [0.1, 0.15) is 0 Å². The molecule has 0 spiro atoms. The van der Waals surface area contributed by atoms with E-state index in [-0.39, 0.29) is 11.4 Å². The van der Waals surface area contributed by atoms with Crippen LogP contribution in [0.4, 0.5) is 0 Å². The van der Waals surface area contributed by atoms with E-state index < -0.39 is 0 Å². The average Bonchev–Trinajstić information content (AvgIpc) is 2.39. The summed E-state index contributed by atoms with van der Waals surface area (Å²) in [4.78, 5) is 12.2. The van der Waals surface area contributed by atoms with Crippen molar-refractivity contribution in [3.8, 4) is 0 Å². The molecule has 0 bridgehead atoms. The zero-order valence-electron chi connectivity index (χ0n) is 12.5. The lowest BCUT2D eigenvalue weighted by Gasteiger charge is -2.30. The van der Waals surface area contributed by atoms with Crippen molar-refractivity contribution in [2.24, 2.45) is 5.41 Å². The van der Waals surface area contributed by atoms with Gasteiger partial charge in [-0.15, -0.1) is 0 Å². The molecule has 0 aromatic heterocycles. The van der Waals surface area contributed by atoms with Crippen LogP contribution in [0.5, 0.6) is 0 Å². The van der Waals surface area contributed by atoms with Crippen molar-refractivity contribution in [1.82, 2.24) is 0 Å². The lowest BCUT2D eigenvalue weighted by Crippen LogP contribution is -2.31. The van der Waals surface area contributed by atoms with Gasteiger partial charge in [0.15, 0.2) is 0 Å². The molecule has 0 rings (SSSR count). The van der Waals surface area contributed by atoms with Crippen LogP contribution in [-0.4, -0.2) is 5.97 Å². The molecule has 0 saturated carbocycles. The van der Waals surface area contributed by atoms with Crippen molar-refractivity contribution in [3.05, 3.63) is 12.8 Å². The predicted molar refractivity (Wildman–Crippen MR) is 77.3 cm³/mol. The van der Waals surface area contributed by atoms with Gasteiger partial charge in [-0.05, 0) is 19.3 Å². The Kier molecular flexibility index (Phi) is 9.72. The highest BCUT2D eigenvalue weighted by Crippen LogP contribution is 2.36. The first-order chi connectivity index (χ1) is 8.66. The van der Waals surface area contributed by atoms with Crippen LogP contribution in [0.15, 0.2) is 12.8 Å².